The monoisotopic (exact) mass is 265 g/mol. The first-order valence-electron chi connectivity index (χ1n) is 6.40. The van der Waals surface area contributed by atoms with Crippen LogP contribution in [0.3, 0.4) is 0 Å². The Morgan fingerprint density at radius 3 is 2.68 bits per heavy atom. The third kappa shape index (κ3) is 4.24. The highest BCUT2D eigenvalue weighted by Gasteiger charge is 2.15. The Hall–Kier alpha value is -2.11. The molecular formula is C13H19N3O3. The van der Waals surface area contributed by atoms with Crippen LogP contribution in [0.15, 0.2) is 18.2 Å². The second-order valence-corrected chi connectivity index (χ2v) is 4.13. The Kier molecular flexibility index (Phi) is 5.78. The molecule has 0 radical (unpaired) electrons. The molecule has 0 fully saturated rings. The summed E-state index contributed by atoms with van der Waals surface area (Å²) in [6.45, 7) is 5.06. The number of anilines is 1. The molecule has 6 heteroatoms. The van der Waals surface area contributed by atoms with E-state index in [4.69, 9.17) is 0 Å². The van der Waals surface area contributed by atoms with Crippen LogP contribution in [0.5, 0.6) is 0 Å². The molecule has 19 heavy (non-hydrogen) atoms. The molecule has 1 aromatic rings. The number of nitro benzene ring substituents is 1. The molecule has 0 atom stereocenters. The van der Waals surface area contributed by atoms with E-state index in [0.29, 0.717) is 24.3 Å². The van der Waals surface area contributed by atoms with Gasteiger partial charge in [0.2, 0.25) is 0 Å². The van der Waals surface area contributed by atoms with Gasteiger partial charge in [-0.2, -0.15) is 0 Å². The summed E-state index contributed by atoms with van der Waals surface area (Å²) in [5.41, 5.74) is 0.778. The molecule has 6 nitrogen and oxygen atoms in total. The van der Waals surface area contributed by atoms with Crippen LogP contribution in [0, 0.1) is 10.1 Å². The number of nitrogens with zero attached hydrogens (tertiary/aromatic N) is 1. The number of nitro groups is 1. The van der Waals surface area contributed by atoms with Crippen LogP contribution in [0.1, 0.15) is 37.0 Å². The van der Waals surface area contributed by atoms with Gasteiger partial charge in [-0.1, -0.05) is 13.3 Å². The van der Waals surface area contributed by atoms with Crippen molar-refractivity contribution in [3.8, 4) is 0 Å². The lowest BCUT2D eigenvalue weighted by Gasteiger charge is -2.08. The van der Waals surface area contributed by atoms with Gasteiger partial charge in [0, 0.05) is 24.7 Å². The normalized spacial score (nSPS) is 10.0. The first-order chi connectivity index (χ1) is 9.10. The van der Waals surface area contributed by atoms with E-state index in [1.54, 1.807) is 0 Å². The molecule has 2 N–H and O–H groups in total. The van der Waals surface area contributed by atoms with Crippen molar-refractivity contribution in [2.45, 2.75) is 26.7 Å². The number of hydrogen-bond acceptors (Lipinski definition) is 4. The predicted molar refractivity (Wildman–Crippen MR) is 74.5 cm³/mol. The standard InChI is InChI=1S/C13H19N3O3/c1-3-5-8-15-13(17)10-6-7-12(16(18)19)11(9-10)14-4-2/h6-7,9,14H,3-5,8H2,1-2H3,(H,15,17). The zero-order valence-corrected chi connectivity index (χ0v) is 11.2. The fourth-order valence-corrected chi connectivity index (χ4v) is 1.65. The summed E-state index contributed by atoms with van der Waals surface area (Å²) in [7, 11) is 0. The van der Waals surface area contributed by atoms with E-state index >= 15 is 0 Å². The van der Waals surface area contributed by atoms with E-state index in [0.717, 1.165) is 12.8 Å². The fourth-order valence-electron chi connectivity index (χ4n) is 1.65. The van der Waals surface area contributed by atoms with Crippen LogP contribution in [0.4, 0.5) is 11.4 Å². The summed E-state index contributed by atoms with van der Waals surface area (Å²) in [6, 6.07) is 4.34. The minimum absolute atomic E-state index is 0.0213. The van der Waals surface area contributed by atoms with Crippen molar-refractivity contribution >= 4 is 17.3 Å². The third-order valence-electron chi connectivity index (χ3n) is 2.64. The quantitative estimate of drug-likeness (QED) is 0.451. The molecule has 0 aromatic heterocycles. The first-order valence-corrected chi connectivity index (χ1v) is 6.40. The fraction of sp³-hybridized carbons (Fsp3) is 0.462. The van der Waals surface area contributed by atoms with Crippen LogP contribution >= 0.6 is 0 Å². The average molecular weight is 265 g/mol. The molecule has 0 bridgehead atoms. The Morgan fingerprint density at radius 2 is 2.11 bits per heavy atom. The van der Waals surface area contributed by atoms with Crippen molar-refractivity contribution in [1.29, 1.82) is 0 Å². The summed E-state index contributed by atoms with van der Waals surface area (Å²) in [5, 5.41) is 16.5. The minimum atomic E-state index is -0.462. The molecule has 0 spiro atoms. The molecule has 0 saturated heterocycles. The van der Waals surface area contributed by atoms with Crippen molar-refractivity contribution in [2.24, 2.45) is 0 Å². The molecule has 1 rings (SSSR count). The number of benzene rings is 1. The highest BCUT2D eigenvalue weighted by Crippen LogP contribution is 2.25. The summed E-state index contributed by atoms with van der Waals surface area (Å²) >= 11 is 0. The lowest BCUT2D eigenvalue weighted by molar-refractivity contribution is -0.384. The van der Waals surface area contributed by atoms with Gasteiger partial charge >= 0.3 is 0 Å². The number of rotatable bonds is 7. The predicted octanol–water partition coefficient (Wildman–Crippen LogP) is 2.56. The van der Waals surface area contributed by atoms with Gasteiger partial charge in [0.15, 0.2) is 0 Å². The van der Waals surface area contributed by atoms with Gasteiger partial charge in [0.1, 0.15) is 5.69 Å². The van der Waals surface area contributed by atoms with Crippen molar-refractivity contribution in [3.63, 3.8) is 0 Å². The van der Waals surface area contributed by atoms with E-state index < -0.39 is 4.92 Å². The lowest BCUT2D eigenvalue weighted by atomic mass is 10.1. The molecule has 0 aliphatic carbocycles. The van der Waals surface area contributed by atoms with Crippen molar-refractivity contribution in [3.05, 3.63) is 33.9 Å². The molecule has 104 valence electrons. The SMILES string of the molecule is CCCCNC(=O)c1ccc([N+](=O)[O-])c(NCC)c1. The smallest absolute Gasteiger partial charge is 0.292 e. The van der Waals surface area contributed by atoms with Crippen LogP contribution in [0.2, 0.25) is 0 Å². The molecule has 1 amide bonds. The van der Waals surface area contributed by atoms with Gasteiger partial charge < -0.3 is 10.6 Å². The second kappa shape index (κ2) is 7.35. The van der Waals surface area contributed by atoms with Gasteiger partial charge in [0.05, 0.1) is 4.92 Å². The van der Waals surface area contributed by atoms with Gasteiger partial charge in [-0.15, -0.1) is 0 Å². The molecular weight excluding hydrogens is 246 g/mol. The molecule has 0 aliphatic heterocycles. The summed E-state index contributed by atoms with van der Waals surface area (Å²) in [5.74, 6) is -0.206. The van der Waals surface area contributed by atoms with E-state index in [2.05, 4.69) is 10.6 Å². The largest absolute Gasteiger partial charge is 0.380 e. The highest BCUT2D eigenvalue weighted by atomic mass is 16.6. The van der Waals surface area contributed by atoms with Crippen molar-refractivity contribution in [2.75, 3.05) is 18.4 Å². The maximum Gasteiger partial charge on any atom is 0.292 e. The minimum Gasteiger partial charge on any atom is -0.380 e. The number of unbranched alkanes of at least 4 members (excludes halogenated alkanes) is 1. The van der Waals surface area contributed by atoms with E-state index in [-0.39, 0.29) is 11.6 Å². The molecule has 0 heterocycles. The maximum absolute atomic E-state index is 11.8. The maximum atomic E-state index is 11.8. The number of hydrogen-bond donors (Lipinski definition) is 2. The van der Waals surface area contributed by atoms with E-state index in [1.165, 1.54) is 18.2 Å². The van der Waals surface area contributed by atoms with Crippen LogP contribution in [0.25, 0.3) is 0 Å². The van der Waals surface area contributed by atoms with Gasteiger partial charge in [-0.05, 0) is 25.5 Å². The topological polar surface area (TPSA) is 84.3 Å². The molecule has 0 saturated carbocycles. The average Bonchev–Trinajstić information content (AvgIpc) is 2.39. The van der Waals surface area contributed by atoms with Gasteiger partial charge in [-0.25, -0.2) is 0 Å². The Balaban J connectivity index is 2.88. The molecule has 1 aromatic carbocycles. The van der Waals surface area contributed by atoms with Gasteiger partial charge in [0.25, 0.3) is 11.6 Å². The van der Waals surface area contributed by atoms with Crippen molar-refractivity contribution < 1.29 is 9.72 Å². The van der Waals surface area contributed by atoms with Crippen LogP contribution in [-0.4, -0.2) is 23.9 Å². The lowest BCUT2D eigenvalue weighted by Crippen LogP contribution is -2.24. The van der Waals surface area contributed by atoms with Crippen LogP contribution < -0.4 is 10.6 Å². The second-order valence-electron chi connectivity index (χ2n) is 4.13. The number of amides is 1. The van der Waals surface area contributed by atoms with Crippen molar-refractivity contribution in [1.82, 2.24) is 5.32 Å². The van der Waals surface area contributed by atoms with E-state index in [1.807, 2.05) is 13.8 Å². The first kappa shape index (κ1) is 14.9. The molecule has 0 aliphatic rings. The zero-order chi connectivity index (χ0) is 14.3. The summed E-state index contributed by atoms with van der Waals surface area (Å²) in [6.07, 6.45) is 1.92. The Morgan fingerprint density at radius 1 is 1.37 bits per heavy atom. The molecule has 0 unspecified atom stereocenters. The van der Waals surface area contributed by atoms with E-state index in [9.17, 15) is 14.9 Å². The summed E-state index contributed by atoms with van der Waals surface area (Å²) < 4.78 is 0. The zero-order valence-electron chi connectivity index (χ0n) is 11.2. The Bertz CT molecular complexity index is 460. The number of nitrogens with one attached hydrogen (secondary N) is 2. The van der Waals surface area contributed by atoms with Crippen LogP contribution in [-0.2, 0) is 0 Å². The number of carbonyl (C=O) groups is 1. The summed E-state index contributed by atoms with van der Waals surface area (Å²) in [4.78, 5) is 22.2. The Labute approximate surface area is 112 Å². The number of carbonyl (C=O) groups excluding carboxylic acids is 1. The third-order valence-corrected chi connectivity index (χ3v) is 2.64. The highest BCUT2D eigenvalue weighted by molar-refractivity contribution is 5.95. The van der Waals surface area contributed by atoms with Gasteiger partial charge in [-0.3, -0.25) is 14.9 Å².